The molecule has 0 fully saturated rings. The van der Waals surface area contributed by atoms with Gasteiger partial charge in [-0.2, -0.15) is 0 Å². The molecule has 0 amide bonds. The second-order valence-electron chi connectivity index (χ2n) is 4.60. The van der Waals surface area contributed by atoms with Crippen LogP contribution in [-0.4, -0.2) is 8.42 Å². The molecule has 112 valence electrons. The highest BCUT2D eigenvalue weighted by molar-refractivity contribution is 9.10. The molecule has 0 unspecified atom stereocenters. The summed E-state index contributed by atoms with van der Waals surface area (Å²) in [6.45, 7) is 3.60. The summed E-state index contributed by atoms with van der Waals surface area (Å²) in [4.78, 5) is -0.0488. The number of benzene rings is 2. The summed E-state index contributed by atoms with van der Waals surface area (Å²) in [6, 6.07) is 6.45. The fraction of sp³-hybridized carbons (Fsp3) is 0.143. The van der Waals surface area contributed by atoms with Gasteiger partial charge in [0.25, 0.3) is 10.0 Å². The number of rotatable bonds is 3. The predicted octanol–water partition coefficient (Wildman–Crippen LogP) is 4.14. The normalized spacial score (nSPS) is 11.5. The third kappa shape index (κ3) is 3.41. The van der Waals surface area contributed by atoms with E-state index in [-0.39, 0.29) is 9.37 Å². The lowest BCUT2D eigenvalue weighted by atomic mass is 10.1. The van der Waals surface area contributed by atoms with Crippen LogP contribution in [-0.2, 0) is 10.0 Å². The highest BCUT2D eigenvalue weighted by atomic mass is 79.9. The van der Waals surface area contributed by atoms with Gasteiger partial charge in [-0.3, -0.25) is 4.72 Å². The van der Waals surface area contributed by atoms with Crippen molar-refractivity contribution in [2.24, 2.45) is 0 Å². The van der Waals surface area contributed by atoms with Crippen LogP contribution in [0.5, 0.6) is 0 Å². The molecular formula is C14H12BrF2NO2S. The monoisotopic (exact) mass is 375 g/mol. The Morgan fingerprint density at radius 1 is 1.00 bits per heavy atom. The Balaban J connectivity index is 2.44. The van der Waals surface area contributed by atoms with E-state index in [2.05, 4.69) is 15.9 Å². The Kier molecular flexibility index (Phi) is 4.34. The Labute approximate surface area is 130 Å². The van der Waals surface area contributed by atoms with Crippen molar-refractivity contribution in [1.82, 2.24) is 0 Å². The molecule has 2 rings (SSSR count). The standard InChI is InChI=1S/C14H12BrF2NO2S/c1-8-3-4-11(5-9(8)2)21(19,20)18-14-12(16)6-10(15)7-13(14)17/h3-7,18H,1-2H3. The highest BCUT2D eigenvalue weighted by Gasteiger charge is 2.20. The van der Waals surface area contributed by atoms with Crippen LogP contribution < -0.4 is 4.72 Å². The maximum Gasteiger partial charge on any atom is 0.262 e. The fourth-order valence-electron chi connectivity index (χ4n) is 1.71. The van der Waals surface area contributed by atoms with Gasteiger partial charge in [-0.15, -0.1) is 0 Å². The molecule has 0 aliphatic heterocycles. The topological polar surface area (TPSA) is 46.2 Å². The van der Waals surface area contributed by atoms with Crippen molar-refractivity contribution >= 4 is 31.6 Å². The summed E-state index contributed by atoms with van der Waals surface area (Å²) in [5.74, 6) is -1.98. The first-order valence-corrected chi connectivity index (χ1v) is 8.23. The van der Waals surface area contributed by atoms with Gasteiger partial charge in [0, 0.05) is 4.47 Å². The maximum absolute atomic E-state index is 13.7. The molecule has 7 heteroatoms. The van der Waals surface area contributed by atoms with E-state index < -0.39 is 27.3 Å². The van der Waals surface area contributed by atoms with Crippen molar-refractivity contribution in [3.63, 3.8) is 0 Å². The average Bonchev–Trinajstić information content (AvgIpc) is 2.37. The molecule has 0 atom stereocenters. The second-order valence-corrected chi connectivity index (χ2v) is 7.19. The van der Waals surface area contributed by atoms with Crippen molar-refractivity contribution in [1.29, 1.82) is 0 Å². The molecule has 0 saturated carbocycles. The highest BCUT2D eigenvalue weighted by Crippen LogP contribution is 2.26. The Morgan fingerprint density at radius 2 is 1.57 bits per heavy atom. The lowest BCUT2D eigenvalue weighted by Crippen LogP contribution is -2.15. The summed E-state index contributed by atoms with van der Waals surface area (Å²) >= 11 is 2.93. The molecule has 0 aliphatic rings. The fourth-order valence-corrected chi connectivity index (χ4v) is 3.28. The summed E-state index contributed by atoms with van der Waals surface area (Å²) < 4.78 is 53.9. The van der Waals surface area contributed by atoms with Gasteiger partial charge in [0.2, 0.25) is 0 Å². The van der Waals surface area contributed by atoms with Crippen LogP contribution in [0.15, 0.2) is 39.7 Å². The molecular weight excluding hydrogens is 364 g/mol. The van der Waals surface area contributed by atoms with Crippen LogP contribution >= 0.6 is 15.9 Å². The molecule has 2 aromatic carbocycles. The van der Waals surface area contributed by atoms with E-state index in [1.54, 1.807) is 13.0 Å². The van der Waals surface area contributed by atoms with E-state index in [0.29, 0.717) is 0 Å². The minimum Gasteiger partial charge on any atom is -0.274 e. The van der Waals surface area contributed by atoms with Crippen molar-refractivity contribution in [2.75, 3.05) is 4.72 Å². The van der Waals surface area contributed by atoms with Crippen LogP contribution in [0.1, 0.15) is 11.1 Å². The Morgan fingerprint density at radius 3 is 2.10 bits per heavy atom. The van der Waals surface area contributed by atoms with Gasteiger partial charge in [0.15, 0.2) is 11.6 Å². The molecule has 0 spiro atoms. The third-order valence-corrected chi connectivity index (χ3v) is 4.84. The van der Waals surface area contributed by atoms with Gasteiger partial charge in [-0.1, -0.05) is 22.0 Å². The zero-order valence-electron chi connectivity index (χ0n) is 11.2. The second kappa shape index (κ2) is 5.73. The lowest BCUT2D eigenvalue weighted by molar-refractivity contribution is 0.582. The number of sulfonamides is 1. The van der Waals surface area contributed by atoms with Crippen molar-refractivity contribution < 1.29 is 17.2 Å². The van der Waals surface area contributed by atoms with E-state index in [1.807, 2.05) is 11.6 Å². The molecule has 21 heavy (non-hydrogen) atoms. The third-order valence-electron chi connectivity index (χ3n) is 3.03. The quantitative estimate of drug-likeness (QED) is 0.875. The van der Waals surface area contributed by atoms with Crippen LogP contribution in [0.4, 0.5) is 14.5 Å². The maximum atomic E-state index is 13.7. The number of anilines is 1. The summed E-state index contributed by atoms with van der Waals surface area (Å²) in [6.07, 6.45) is 0. The van der Waals surface area contributed by atoms with Crippen LogP contribution in [0.25, 0.3) is 0 Å². The largest absolute Gasteiger partial charge is 0.274 e. The number of hydrogen-bond acceptors (Lipinski definition) is 2. The molecule has 0 bridgehead atoms. The van der Waals surface area contributed by atoms with Gasteiger partial charge in [-0.05, 0) is 49.2 Å². The lowest BCUT2D eigenvalue weighted by Gasteiger charge is -2.11. The molecule has 0 saturated heterocycles. The number of halogens is 3. The molecule has 2 aromatic rings. The van der Waals surface area contributed by atoms with Crippen LogP contribution in [0.3, 0.4) is 0 Å². The molecule has 0 radical (unpaired) electrons. The SMILES string of the molecule is Cc1ccc(S(=O)(=O)Nc2c(F)cc(Br)cc2F)cc1C. The van der Waals surface area contributed by atoms with E-state index in [9.17, 15) is 17.2 Å². The van der Waals surface area contributed by atoms with Gasteiger partial charge in [0.1, 0.15) is 5.69 Å². The minimum atomic E-state index is -4.06. The van der Waals surface area contributed by atoms with Gasteiger partial charge in [0.05, 0.1) is 4.90 Å². The Bertz CT molecular complexity index is 784. The summed E-state index contributed by atoms with van der Waals surface area (Å²) in [7, 11) is -4.06. The number of aryl methyl sites for hydroxylation is 2. The van der Waals surface area contributed by atoms with Gasteiger partial charge in [-0.25, -0.2) is 17.2 Å². The predicted molar refractivity (Wildman–Crippen MR) is 80.8 cm³/mol. The zero-order valence-corrected chi connectivity index (χ0v) is 13.6. The Hall–Kier alpha value is -1.47. The molecule has 0 aromatic heterocycles. The van der Waals surface area contributed by atoms with Crippen molar-refractivity contribution in [3.05, 3.63) is 57.6 Å². The van der Waals surface area contributed by atoms with Crippen molar-refractivity contribution in [3.8, 4) is 0 Å². The van der Waals surface area contributed by atoms with Crippen molar-refractivity contribution in [2.45, 2.75) is 18.7 Å². The van der Waals surface area contributed by atoms with E-state index >= 15 is 0 Å². The van der Waals surface area contributed by atoms with Crippen LogP contribution in [0.2, 0.25) is 0 Å². The molecule has 3 nitrogen and oxygen atoms in total. The zero-order chi connectivity index (χ0) is 15.8. The van der Waals surface area contributed by atoms with Gasteiger partial charge >= 0.3 is 0 Å². The van der Waals surface area contributed by atoms with E-state index in [1.165, 1.54) is 12.1 Å². The number of hydrogen-bond donors (Lipinski definition) is 1. The molecule has 0 aliphatic carbocycles. The first-order chi connectivity index (χ1) is 9.70. The average molecular weight is 376 g/mol. The van der Waals surface area contributed by atoms with Crippen LogP contribution in [0, 0.1) is 25.5 Å². The summed E-state index contributed by atoms with van der Waals surface area (Å²) in [5, 5.41) is 0. The first kappa shape index (κ1) is 15.9. The smallest absolute Gasteiger partial charge is 0.262 e. The van der Waals surface area contributed by atoms with Gasteiger partial charge < -0.3 is 0 Å². The molecule has 1 N–H and O–H groups in total. The molecule has 0 heterocycles. The summed E-state index contributed by atoms with van der Waals surface area (Å²) in [5.41, 5.74) is 1.00. The number of nitrogens with one attached hydrogen (secondary N) is 1. The first-order valence-electron chi connectivity index (χ1n) is 5.95. The minimum absolute atomic E-state index is 0.0488. The van der Waals surface area contributed by atoms with E-state index in [4.69, 9.17) is 0 Å². The van der Waals surface area contributed by atoms with E-state index in [0.717, 1.165) is 23.3 Å².